The number of halogens is 1. The Hall–Kier alpha value is -2.21. The minimum absolute atomic E-state index is 0.161. The van der Waals surface area contributed by atoms with Crippen LogP contribution in [-0.2, 0) is 4.79 Å². The molecule has 1 atom stereocenters. The number of rotatable bonds is 4. The second-order valence-corrected chi connectivity index (χ2v) is 6.60. The summed E-state index contributed by atoms with van der Waals surface area (Å²) in [6, 6.07) is 7.27. The van der Waals surface area contributed by atoms with E-state index in [9.17, 15) is 9.59 Å². The van der Waals surface area contributed by atoms with Gasteiger partial charge >= 0.3 is 0 Å². The monoisotopic (exact) mass is 388 g/mol. The molecule has 0 radical (unpaired) electrons. The van der Waals surface area contributed by atoms with Crippen LogP contribution in [0.4, 0.5) is 0 Å². The number of hydrogen-bond acceptors (Lipinski definition) is 3. The highest BCUT2D eigenvalue weighted by molar-refractivity contribution is 9.10. The molecule has 1 aromatic heterocycles. The molecule has 2 heterocycles. The standard InChI is InChI=1S/C18H17BrN2O3/c1-10-3-4-12-9-13(17(22)21-16(12)11(10)2)7-8-20-18(23)14-5-6-15(19)24-14/h3-6,9,13H,7-8H2,1-2H3,(H,20,23). The predicted molar refractivity (Wildman–Crippen MR) is 93.0 cm³/mol. The topological polar surface area (TPSA) is 71.7 Å². The van der Waals surface area contributed by atoms with Crippen molar-refractivity contribution in [3.8, 4) is 0 Å². The number of amides is 2. The Balaban J connectivity index is 1.68. The fourth-order valence-electron chi connectivity index (χ4n) is 2.66. The van der Waals surface area contributed by atoms with Gasteiger partial charge in [0, 0.05) is 6.54 Å². The van der Waals surface area contributed by atoms with Gasteiger partial charge < -0.3 is 9.73 Å². The Labute approximate surface area is 147 Å². The van der Waals surface area contributed by atoms with Crippen molar-refractivity contribution in [1.29, 1.82) is 0 Å². The minimum atomic E-state index is -0.316. The Kier molecular flexibility index (Phi) is 4.66. The molecule has 0 saturated heterocycles. The summed E-state index contributed by atoms with van der Waals surface area (Å²) in [6.07, 6.45) is 2.44. The first-order chi connectivity index (χ1) is 11.5. The molecule has 0 saturated carbocycles. The molecule has 2 amide bonds. The summed E-state index contributed by atoms with van der Waals surface area (Å²) >= 11 is 3.16. The number of hydrogen-bond donors (Lipinski definition) is 1. The third-order valence-corrected chi connectivity index (χ3v) is 4.62. The molecule has 6 heteroatoms. The summed E-state index contributed by atoms with van der Waals surface area (Å²) in [5, 5.41) is 4.50. The first-order valence-electron chi connectivity index (χ1n) is 7.70. The lowest BCUT2D eigenvalue weighted by Crippen LogP contribution is -2.37. The van der Waals surface area contributed by atoms with Crippen LogP contribution in [0.1, 0.15) is 28.1 Å². The molecule has 1 aliphatic heterocycles. The minimum Gasteiger partial charge on any atom is -0.444 e. The number of fused-ring (bicyclic) bond motifs is 1. The van der Waals surface area contributed by atoms with Crippen molar-refractivity contribution in [2.75, 3.05) is 6.54 Å². The highest BCUT2D eigenvalue weighted by Crippen LogP contribution is 2.14. The molecule has 2 aromatic rings. The molecule has 0 spiro atoms. The van der Waals surface area contributed by atoms with E-state index in [1.807, 2.05) is 32.1 Å². The number of nitrogens with one attached hydrogen (secondary N) is 1. The third-order valence-electron chi connectivity index (χ3n) is 4.19. The summed E-state index contributed by atoms with van der Waals surface area (Å²) in [5.74, 6) is -0.538. The fraction of sp³-hybridized carbons (Fsp3) is 0.278. The third kappa shape index (κ3) is 3.33. The Morgan fingerprint density at radius 3 is 2.79 bits per heavy atom. The van der Waals surface area contributed by atoms with Crippen molar-refractivity contribution < 1.29 is 14.0 Å². The van der Waals surface area contributed by atoms with Gasteiger partial charge in [-0.2, -0.15) is 0 Å². The van der Waals surface area contributed by atoms with Crippen LogP contribution in [0.3, 0.4) is 0 Å². The average molecular weight is 389 g/mol. The zero-order valence-electron chi connectivity index (χ0n) is 13.4. The van der Waals surface area contributed by atoms with Crippen LogP contribution >= 0.6 is 15.9 Å². The largest absolute Gasteiger partial charge is 0.444 e. The molecule has 1 unspecified atom stereocenters. The number of carbonyl (C=O) groups is 2. The van der Waals surface area contributed by atoms with Crippen LogP contribution in [0, 0.1) is 19.8 Å². The Bertz CT molecular complexity index is 930. The van der Waals surface area contributed by atoms with Crippen LogP contribution in [0.2, 0.25) is 0 Å². The molecule has 3 rings (SSSR count). The van der Waals surface area contributed by atoms with Crippen LogP contribution in [0.15, 0.2) is 38.3 Å². The van der Waals surface area contributed by atoms with Crippen LogP contribution < -0.4 is 15.9 Å². The van der Waals surface area contributed by atoms with Gasteiger partial charge in [0.05, 0.1) is 11.3 Å². The van der Waals surface area contributed by atoms with Gasteiger partial charge in [-0.25, -0.2) is 4.99 Å². The summed E-state index contributed by atoms with van der Waals surface area (Å²) in [7, 11) is 0. The van der Waals surface area contributed by atoms with E-state index in [-0.39, 0.29) is 23.5 Å². The first kappa shape index (κ1) is 16.6. The second-order valence-electron chi connectivity index (χ2n) is 5.82. The summed E-state index contributed by atoms with van der Waals surface area (Å²) in [5.41, 5.74) is 2.15. The van der Waals surface area contributed by atoms with E-state index < -0.39 is 0 Å². The van der Waals surface area contributed by atoms with Gasteiger partial charge in [-0.3, -0.25) is 9.59 Å². The number of nitrogens with zero attached hydrogens (tertiary/aromatic N) is 1. The molecule has 1 aliphatic rings. The second kappa shape index (κ2) is 6.73. The van der Waals surface area contributed by atoms with Crippen molar-refractivity contribution in [3.05, 3.63) is 56.4 Å². The van der Waals surface area contributed by atoms with Gasteiger partial charge in [0.1, 0.15) is 0 Å². The van der Waals surface area contributed by atoms with Crippen molar-refractivity contribution in [3.63, 3.8) is 0 Å². The molecule has 0 aliphatic carbocycles. The maximum absolute atomic E-state index is 12.2. The van der Waals surface area contributed by atoms with Crippen molar-refractivity contribution >= 4 is 33.8 Å². The number of aryl methyl sites for hydroxylation is 1. The fourth-order valence-corrected chi connectivity index (χ4v) is 2.96. The van der Waals surface area contributed by atoms with Gasteiger partial charge in [-0.1, -0.05) is 18.2 Å². The highest BCUT2D eigenvalue weighted by Gasteiger charge is 2.19. The highest BCUT2D eigenvalue weighted by atomic mass is 79.9. The van der Waals surface area contributed by atoms with Gasteiger partial charge in [0.15, 0.2) is 10.4 Å². The molecule has 1 aromatic carbocycles. The lowest BCUT2D eigenvalue weighted by atomic mass is 9.98. The normalized spacial score (nSPS) is 16.1. The Morgan fingerprint density at radius 2 is 2.08 bits per heavy atom. The molecule has 5 nitrogen and oxygen atoms in total. The van der Waals surface area contributed by atoms with Gasteiger partial charge in [-0.05, 0) is 64.7 Å². The van der Waals surface area contributed by atoms with Crippen molar-refractivity contribution in [1.82, 2.24) is 5.32 Å². The van der Waals surface area contributed by atoms with E-state index in [1.165, 1.54) is 0 Å². The van der Waals surface area contributed by atoms with Crippen LogP contribution in [0.5, 0.6) is 0 Å². The van der Waals surface area contributed by atoms with Crippen LogP contribution in [0.25, 0.3) is 6.08 Å². The summed E-state index contributed by atoms with van der Waals surface area (Å²) in [6.45, 7) is 4.35. The molecule has 24 heavy (non-hydrogen) atoms. The molecule has 0 bridgehead atoms. The summed E-state index contributed by atoms with van der Waals surface area (Å²) in [4.78, 5) is 28.4. The van der Waals surface area contributed by atoms with Crippen LogP contribution in [-0.4, -0.2) is 18.4 Å². The molecular weight excluding hydrogens is 372 g/mol. The number of carbonyl (C=O) groups excluding carboxylic acids is 2. The Morgan fingerprint density at radius 1 is 1.29 bits per heavy atom. The maximum atomic E-state index is 12.2. The zero-order chi connectivity index (χ0) is 17.3. The predicted octanol–water partition coefficient (Wildman–Crippen LogP) is 2.04. The number of furan rings is 1. The van der Waals surface area contributed by atoms with Crippen molar-refractivity contribution in [2.45, 2.75) is 20.3 Å². The van der Waals surface area contributed by atoms with Gasteiger partial charge in [0.2, 0.25) is 0 Å². The van der Waals surface area contributed by atoms with E-state index in [1.54, 1.807) is 12.1 Å². The number of benzene rings is 1. The van der Waals surface area contributed by atoms with E-state index in [0.717, 1.165) is 21.7 Å². The molecular formula is C18H17BrN2O3. The maximum Gasteiger partial charge on any atom is 0.287 e. The lowest BCUT2D eigenvalue weighted by molar-refractivity contribution is -0.120. The van der Waals surface area contributed by atoms with E-state index in [4.69, 9.17) is 4.42 Å². The average Bonchev–Trinajstić information content (AvgIpc) is 2.99. The van der Waals surface area contributed by atoms with E-state index >= 15 is 0 Å². The molecule has 0 fully saturated rings. The van der Waals surface area contributed by atoms with E-state index in [2.05, 4.69) is 26.2 Å². The van der Waals surface area contributed by atoms with Crippen molar-refractivity contribution in [2.24, 2.45) is 10.9 Å². The van der Waals surface area contributed by atoms with Gasteiger partial charge in [0.25, 0.3) is 11.8 Å². The SMILES string of the molecule is Cc1ccc2c(c1C)=NC(=O)C(CCNC(=O)c1ccc(Br)o1)C=2. The van der Waals surface area contributed by atoms with E-state index in [0.29, 0.717) is 17.6 Å². The zero-order valence-corrected chi connectivity index (χ0v) is 15.0. The summed E-state index contributed by atoms with van der Waals surface area (Å²) < 4.78 is 5.70. The smallest absolute Gasteiger partial charge is 0.287 e. The quantitative estimate of drug-likeness (QED) is 0.870. The van der Waals surface area contributed by atoms with Gasteiger partial charge in [-0.15, -0.1) is 0 Å². The molecule has 1 N–H and O–H groups in total. The molecule has 124 valence electrons. The first-order valence-corrected chi connectivity index (χ1v) is 8.49. The lowest BCUT2D eigenvalue weighted by Gasteiger charge is -2.14.